The lowest BCUT2D eigenvalue weighted by Crippen LogP contribution is -2.45. The summed E-state index contributed by atoms with van der Waals surface area (Å²) >= 11 is 1.66. The summed E-state index contributed by atoms with van der Waals surface area (Å²) in [7, 11) is 0. The summed E-state index contributed by atoms with van der Waals surface area (Å²) in [6.45, 7) is 3.09. The Morgan fingerprint density at radius 3 is 2.42 bits per heavy atom. The number of thioether (sulfide) groups is 1. The van der Waals surface area contributed by atoms with Gasteiger partial charge in [0.25, 0.3) is 0 Å². The van der Waals surface area contributed by atoms with Crippen molar-refractivity contribution in [2.75, 3.05) is 6.54 Å². The molecule has 0 saturated carbocycles. The number of carbonyl (C=O) groups excluding carboxylic acids is 1. The largest absolute Gasteiger partial charge is 0.338 e. The van der Waals surface area contributed by atoms with Gasteiger partial charge in [0.2, 0.25) is 5.91 Å². The molecule has 2 nitrogen and oxygen atoms in total. The maximum atomic E-state index is 13.4. The number of hydrogen-bond donors (Lipinski definition) is 0. The number of benzene rings is 2. The highest BCUT2D eigenvalue weighted by atomic mass is 32.2. The molecule has 126 valence electrons. The number of piperidine rings is 1. The maximum absolute atomic E-state index is 13.4. The molecule has 0 unspecified atom stereocenters. The molecule has 1 amide bonds. The van der Waals surface area contributed by atoms with E-state index in [2.05, 4.69) is 36.1 Å². The van der Waals surface area contributed by atoms with Gasteiger partial charge < -0.3 is 4.90 Å². The van der Waals surface area contributed by atoms with Gasteiger partial charge in [-0.2, -0.15) is 0 Å². The Morgan fingerprint density at radius 1 is 1.08 bits per heavy atom. The Hall–Kier alpha value is -1.74. The van der Waals surface area contributed by atoms with Crippen LogP contribution in [-0.2, 0) is 4.79 Å². The summed E-state index contributed by atoms with van der Waals surface area (Å²) in [5, 5.41) is -0.166. The highest BCUT2D eigenvalue weighted by Crippen LogP contribution is 2.38. The summed E-state index contributed by atoms with van der Waals surface area (Å²) in [6, 6.07) is 20.8. The van der Waals surface area contributed by atoms with Gasteiger partial charge in [-0.15, -0.1) is 11.8 Å². The lowest BCUT2D eigenvalue weighted by atomic mass is 9.99. The Bertz CT molecular complexity index is 643. The van der Waals surface area contributed by atoms with Gasteiger partial charge >= 0.3 is 0 Å². The van der Waals surface area contributed by atoms with Crippen LogP contribution in [0.2, 0.25) is 0 Å². The average molecular weight is 340 g/mol. The van der Waals surface area contributed by atoms with Gasteiger partial charge in [-0.05, 0) is 43.4 Å². The molecule has 3 heteroatoms. The molecule has 3 rings (SSSR count). The lowest BCUT2D eigenvalue weighted by Gasteiger charge is -2.37. The van der Waals surface area contributed by atoms with Crippen molar-refractivity contribution in [2.24, 2.45) is 0 Å². The first kappa shape index (κ1) is 17.1. The van der Waals surface area contributed by atoms with Crippen molar-refractivity contribution in [1.82, 2.24) is 4.90 Å². The van der Waals surface area contributed by atoms with E-state index in [1.54, 1.807) is 11.8 Å². The molecular formula is C21H25NOS. The number of rotatable bonds is 5. The second-order valence-corrected chi connectivity index (χ2v) is 7.49. The number of amides is 1. The molecular weight excluding hydrogens is 314 g/mol. The minimum Gasteiger partial charge on any atom is -0.338 e. The molecule has 1 fully saturated rings. The second-order valence-electron chi connectivity index (χ2n) is 6.31. The van der Waals surface area contributed by atoms with Gasteiger partial charge in [-0.3, -0.25) is 4.79 Å². The first-order valence-electron chi connectivity index (χ1n) is 8.86. The van der Waals surface area contributed by atoms with E-state index in [1.807, 2.05) is 36.4 Å². The predicted octanol–water partition coefficient (Wildman–Crippen LogP) is 5.31. The van der Waals surface area contributed by atoms with Crippen LogP contribution < -0.4 is 0 Å². The molecule has 0 radical (unpaired) electrons. The summed E-state index contributed by atoms with van der Waals surface area (Å²) in [5.41, 5.74) is 1.09. The van der Waals surface area contributed by atoms with Gasteiger partial charge in [0.05, 0.1) is 0 Å². The molecule has 2 aromatic carbocycles. The third-order valence-corrected chi connectivity index (χ3v) is 5.96. The molecule has 0 spiro atoms. The number of hydrogen-bond acceptors (Lipinski definition) is 2. The van der Waals surface area contributed by atoms with Gasteiger partial charge in [-0.1, -0.05) is 55.5 Å². The lowest BCUT2D eigenvalue weighted by molar-refractivity contribution is -0.134. The monoisotopic (exact) mass is 339 g/mol. The van der Waals surface area contributed by atoms with Crippen molar-refractivity contribution >= 4 is 17.7 Å². The summed E-state index contributed by atoms with van der Waals surface area (Å²) in [5.74, 6) is 0.265. The normalized spacial score (nSPS) is 19.0. The highest BCUT2D eigenvalue weighted by Gasteiger charge is 2.32. The zero-order chi connectivity index (χ0) is 16.8. The molecule has 0 aromatic heterocycles. The fourth-order valence-electron chi connectivity index (χ4n) is 3.39. The van der Waals surface area contributed by atoms with Crippen molar-refractivity contribution in [2.45, 2.75) is 48.8 Å². The number of carbonyl (C=O) groups is 1. The van der Waals surface area contributed by atoms with Crippen molar-refractivity contribution in [3.05, 3.63) is 66.2 Å². The standard InChI is InChI=1S/C21H25NOS/c1-2-18-13-9-10-16-22(18)21(23)20(17-11-5-3-6-12-17)24-19-14-7-4-8-15-19/h3-8,11-12,14-15,18,20H,2,9-10,13,16H2,1H3/t18-,20-/m1/s1. The van der Waals surface area contributed by atoms with Crippen LogP contribution in [0.15, 0.2) is 65.6 Å². The van der Waals surface area contributed by atoms with Crippen LogP contribution in [0.25, 0.3) is 0 Å². The molecule has 2 aromatic rings. The quantitative estimate of drug-likeness (QED) is 0.688. The minimum atomic E-state index is -0.166. The maximum Gasteiger partial charge on any atom is 0.240 e. The fraction of sp³-hybridized carbons (Fsp3) is 0.381. The third kappa shape index (κ3) is 4.02. The minimum absolute atomic E-state index is 0.166. The van der Waals surface area contributed by atoms with E-state index < -0.39 is 0 Å². The molecule has 2 atom stereocenters. The Kier molecular flexibility index (Phi) is 5.97. The van der Waals surface area contributed by atoms with E-state index in [1.165, 1.54) is 6.42 Å². The Morgan fingerprint density at radius 2 is 1.75 bits per heavy atom. The third-order valence-electron chi connectivity index (χ3n) is 4.71. The first-order chi connectivity index (χ1) is 11.8. The van der Waals surface area contributed by atoms with Crippen LogP contribution in [0.1, 0.15) is 43.4 Å². The van der Waals surface area contributed by atoms with Crippen LogP contribution in [0.3, 0.4) is 0 Å². The van der Waals surface area contributed by atoms with Crippen molar-refractivity contribution in [3.8, 4) is 0 Å². The fourth-order valence-corrected chi connectivity index (χ4v) is 4.51. The topological polar surface area (TPSA) is 20.3 Å². The van der Waals surface area contributed by atoms with Gasteiger partial charge in [0, 0.05) is 17.5 Å². The Labute approximate surface area is 149 Å². The van der Waals surface area contributed by atoms with Gasteiger partial charge in [-0.25, -0.2) is 0 Å². The van der Waals surface area contributed by atoms with E-state index in [0.717, 1.165) is 36.3 Å². The molecule has 0 aliphatic carbocycles. The van der Waals surface area contributed by atoms with Crippen LogP contribution in [0.4, 0.5) is 0 Å². The van der Waals surface area contributed by atoms with Crippen LogP contribution in [0, 0.1) is 0 Å². The van der Waals surface area contributed by atoms with E-state index in [4.69, 9.17) is 0 Å². The number of nitrogens with zero attached hydrogens (tertiary/aromatic N) is 1. The van der Waals surface area contributed by atoms with Crippen molar-refractivity contribution in [3.63, 3.8) is 0 Å². The molecule has 1 saturated heterocycles. The summed E-state index contributed by atoms with van der Waals surface area (Å²) < 4.78 is 0. The van der Waals surface area contributed by atoms with Gasteiger partial charge in [0.1, 0.15) is 5.25 Å². The van der Waals surface area contributed by atoms with Crippen LogP contribution >= 0.6 is 11.8 Å². The van der Waals surface area contributed by atoms with E-state index in [-0.39, 0.29) is 11.2 Å². The molecule has 1 heterocycles. The number of likely N-dealkylation sites (tertiary alicyclic amines) is 1. The van der Waals surface area contributed by atoms with Gasteiger partial charge in [0.15, 0.2) is 0 Å². The SMILES string of the molecule is CC[C@@H]1CCCCN1C(=O)[C@H](Sc1ccccc1)c1ccccc1. The predicted molar refractivity (Wildman–Crippen MR) is 101 cm³/mol. The van der Waals surface area contributed by atoms with Crippen molar-refractivity contribution in [1.29, 1.82) is 0 Å². The molecule has 24 heavy (non-hydrogen) atoms. The Balaban J connectivity index is 1.87. The zero-order valence-corrected chi connectivity index (χ0v) is 15.0. The molecule has 1 aliphatic rings. The first-order valence-corrected chi connectivity index (χ1v) is 9.74. The zero-order valence-electron chi connectivity index (χ0n) is 14.2. The summed E-state index contributed by atoms with van der Waals surface area (Å²) in [4.78, 5) is 16.7. The second kappa shape index (κ2) is 8.39. The van der Waals surface area contributed by atoms with E-state index >= 15 is 0 Å². The molecule has 0 bridgehead atoms. The van der Waals surface area contributed by atoms with Crippen LogP contribution in [0.5, 0.6) is 0 Å². The van der Waals surface area contributed by atoms with E-state index in [9.17, 15) is 4.79 Å². The molecule has 1 aliphatic heterocycles. The smallest absolute Gasteiger partial charge is 0.240 e. The van der Waals surface area contributed by atoms with Crippen LogP contribution in [-0.4, -0.2) is 23.4 Å². The van der Waals surface area contributed by atoms with Crippen molar-refractivity contribution < 1.29 is 4.79 Å². The van der Waals surface area contributed by atoms with E-state index in [0.29, 0.717) is 6.04 Å². The molecule has 0 N–H and O–H groups in total. The average Bonchev–Trinajstić information content (AvgIpc) is 2.67. The summed E-state index contributed by atoms with van der Waals surface area (Å²) in [6.07, 6.45) is 4.55. The highest BCUT2D eigenvalue weighted by molar-refractivity contribution is 8.00.